The highest BCUT2D eigenvalue weighted by molar-refractivity contribution is 7.87. The summed E-state index contributed by atoms with van der Waals surface area (Å²) in [6, 6.07) is 0. The van der Waals surface area contributed by atoms with Crippen LogP contribution in [0, 0.1) is 11.8 Å². The predicted molar refractivity (Wildman–Crippen MR) is 49.6 cm³/mol. The van der Waals surface area contributed by atoms with Crippen LogP contribution in [0.25, 0.3) is 0 Å². The molecule has 1 fully saturated rings. The van der Waals surface area contributed by atoms with Crippen LogP contribution in [-0.2, 0) is 14.3 Å². The molecule has 3 nitrogen and oxygen atoms in total. The lowest BCUT2D eigenvalue weighted by molar-refractivity contribution is -0.0527. The quantitative estimate of drug-likeness (QED) is 0.563. The minimum absolute atomic E-state index is 0.0222. The van der Waals surface area contributed by atoms with Crippen molar-refractivity contribution in [2.24, 2.45) is 11.8 Å². The molecule has 2 bridgehead atoms. The van der Waals surface area contributed by atoms with E-state index in [1.54, 1.807) is 0 Å². The summed E-state index contributed by atoms with van der Waals surface area (Å²) >= 11 is 0. The number of alkyl halides is 3. The smallest absolute Gasteiger partial charge is 0.381 e. The summed E-state index contributed by atoms with van der Waals surface area (Å²) in [7, 11) is -5.49. The predicted octanol–water partition coefficient (Wildman–Crippen LogP) is 2.56. The molecule has 2 aliphatic carbocycles. The van der Waals surface area contributed by atoms with Gasteiger partial charge in [0.15, 0.2) is 0 Å². The Hall–Kier alpha value is -0.720. The third-order valence-corrected chi connectivity index (χ3v) is 4.06. The van der Waals surface area contributed by atoms with Gasteiger partial charge in [-0.25, -0.2) is 0 Å². The standard InChI is InChI=1S/C9H11F3O3S/c10-9(11,12)16(13,14)15-8-4-2-6-1-3-7(8)5-6/h4,6-7H,1-3,5H2. The molecule has 0 amide bonds. The summed E-state index contributed by atoms with van der Waals surface area (Å²) < 4.78 is 62.1. The van der Waals surface area contributed by atoms with Gasteiger partial charge in [0.25, 0.3) is 0 Å². The molecule has 92 valence electrons. The summed E-state index contributed by atoms with van der Waals surface area (Å²) in [5.74, 6) is 0.299. The van der Waals surface area contributed by atoms with Gasteiger partial charge >= 0.3 is 15.6 Å². The van der Waals surface area contributed by atoms with Crippen LogP contribution in [0.15, 0.2) is 11.8 Å². The van der Waals surface area contributed by atoms with Gasteiger partial charge in [0.05, 0.1) is 0 Å². The van der Waals surface area contributed by atoms with Crippen molar-refractivity contribution in [2.75, 3.05) is 0 Å². The van der Waals surface area contributed by atoms with E-state index in [9.17, 15) is 21.6 Å². The molecular formula is C9H11F3O3S. The summed E-state index contributed by atoms with van der Waals surface area (Å²) in [5.41, 5.74) is -5.34. The molecule has 2 atom stereocenters. The normalized spacial score (nSPS) is 30.1. The van der Waals surface area contributed by atoms with Gasteiger partial charge in [-0.05, 0) is 37.7 Å². The molecule has 0 aromatic rings. The van der Waals surface area contributed by atoms with Gasteiger partial charge in [-0.2, -0.15) is 21.6 Å². The number of hydrogen-bond donors (Lipinski definition) is 0. The molecule has 2 aliphatic rings. The largest absolute Gasteiger partial charge is 0.534 e. The summed E-state index contributed by atoms with van der Waals surface area (Å²) in [5, 5.41) is 0. The molecule has 0 aromatic carbocycles. The number of hydrogen-bond acceptors (Lipinski definition) is 3. The lowest BCUT2D eigenvalue weighted by Gasteiger charge is -2.20. The molecule has 2 unspecified atom stereocenters. The highest BCUT2D eigenvalue weighted by Gasteiger charge is 2.50. The first-order valence-corrected chi connectivity index (χ1v) is 6.41. The molecule has 7 heteroatoms. The van der Waals surface area contributed by atoms with E-state index in [1.807, 2.05) is 0 Å². The molecule has 1 saturated carbocycles. The van der Waals surface area contributed by atoms with Crippen molar-refractivity contribution >= 4 is 10.1 Å². The van der Waals surface area contributed by atoms with Crippen LogP contribution >= 0.6 is 0 Å². The highest BCUT2D eigenvalue weighted by Crippen LogP contribution is 2.43. The first kappa shape index (κ1) is 11.8. The average Bonchev–Trinajstić information content (AvgIpc) is 2.52. The maximum Gasteiger partial charge on any atom is 0.534 e. The maximum absolute atomic E-state index is 12.1. The van der Waals surface area contributed by atoms with Crippen LogP contribution in [-0.4, -0.2) is 13.9 Å². The van der Waals surface area contributed by atoms with E-state index in [0.717, 1.165) is 12.8 Å². The fourth-order valence-corrected chi connectivity index (χ4v) is 2.82. The molecule has 0 aromatic heterocycles. The van der Waals surface area contributed by atoms with Crippen LogP contribution in [0.5, 0.6) is 0 Å². The molecule has 0 saturated heterocycles. The lowest BCUT2D eigenvalue weighted by Crippen LogP contribution is -2.27. The van der Waals surface area contributed by atoms with E-state index < -0.39 is 15.6 Å². The summed E-state index contributed by atoms with van der Waals surface area (Å²) in [6.45, 7) is 0. The Bertz CT molecular complexity index is 410. The molecule has 0 N–H and O–H groups in total. The molecule has 0 spiro atoms. The second kappa shape index (κ2) is 3.65. The zero-order valence-electron chi connectivity index (χ0n) is 8.33. The number of fused-ring (bicyclic) bond motifs is 2. The van der Waals surface area contributed by atoms with Crippen molar-refractivity contribution < 1.29 is 25.8 Å². The van der Waals surface area contributed by atoms with Crippen molar-refractivity contribution in [3.63, 3.8) is 0 Å². The fourth-order valence-electron chi connectivity index (χ4n) is 2.27. The van der Waals surface area contributed by atoms with Gasteiger partial charge in [-0.15, -0.1) is 0 Å². The third kappa shape index (κ3) is 2.05. The lowest BCUT2D eigenvalue weighted by atomic mass is 9.94. The molecule has 2 rings (SSSR count). The van der Waals surface area contributed by atoms with E-state index in [0.29, 0.717) is 18.8 Å². The Morgan fingerprint density at radius 3 is 2.62 bits per heavy atom. The van der Waals surface area contributed by atoms with Crippen molar-refractivity contribution in [3.8, 4) is 0 Å². The zero-order valence-corrected chi connectivity index (χ0v) is 9.14. The second-order valence-electron chi connectivity index (χ2n) is 4.20. The van der Waals surface area contributed by atoms with Gasteiger partial charge in [0.2, 0.25) is 0 Å². The van der Waals surface area contributed by atoms with Gasteiger partial charge in [-0.3, -0.25) is 0 Å². The van der Waals surface area contributed by atoms with E-state index in [-0.39, 0.29) is 11.7 Å². The number of allylic oxidation sites excluding steroid dienone is 2. The second-order valence-corrected chi connectivity index (χ2v) is 5.74. The van der Waals surface area contributed by atoms with E-state index in [1.165, 1.54) is 6.08 Å². The Morgan fingerprint density at radius 2 is 2.00 bits per heavy atom. The molecular weight excluding hydrogens is 245 g/mol. The average molecular weight is 256 g/mol. The zero-order chi connectivity index (χ0) is 12.0. The highest BCUT2D eigenvalue weighted by atomic mass is 32.2. The third-order valence-electron chi connectivity index (χ3n) is 3.09. The first-order valence-electron chi connectivity index (χ1n) is 5.00. The Kier molecular flexibility index (Phi) is 2.68. The minimum atomic E-state index is -5.49. The van der Waals surface area contributed by atoms with Crippen LogP contribution in [0.2, 0.25) is 0 Å². The summed E-state index contributed by atoms with van der Waals surface area (Å²) in [6.07, 6.45) is 4.47. The minimum Gasteiger partial charge on any atom is -0.381 e. The monoisotopic (exact) mass is 256 g/mol. The Labute approximate surface area is 91.4 Å². The fraction of sp³-hybridized carbons (Fsp3) is 0.778. The van der Waals surface area contributed by atoms with Crippen molar-refractivity contribution in [1.82, 2.24) is 0 Å². The van der Waals surface area contributed by atoms with E-state index in [4.69, 9.17) is 0 Å². The van der Waals surface area contributed by atoms with E-state index >= 15 is 0 Å². The van der Waals surface area contributed by atoms with Crippen molar-refractivity contribution in [1.29, 1.82) is 0 Å². The molecule has 0 aliphatic heterocycles. The van der Waals surface area contributed by atoms with Crippen LogP contribution in [0.3, 0.4) is 0 Å². The van der Waals surface area contributed by atoms with Gasteiger partial charge < -0.3 is 4.18 Å². The number of halogens is 3. The maximum atomic E-state index is 12.1. The Balaban J connectivity index is 2.14. The molecule has 0 heterocycles. The van der Waals surface area contributed by atoms with Crippen LogP contribution in [0.1, 0.15) is 25.7 Å². The SMILES string of the molecule is O=S(=O)(OC1=CCC2CCC1C2)C(F)(F)F. The molecule has 16 heavy (non-hydrogen) atoms. The first-order chi connectivity index (χ1) is 7.29. The number of rotatable bonds is 2. The van der Waals surface area contributed by atoms with Crippen LogP contribution in [0.4, 0.5) is 13.2 Å². The topological polar surface area (TPSA) is 43.4 Å². The molecule has 0 radical (unpaired) electrons. The van der Waals surface area contributed by atoms with E-state index in [2.05, 4.69) is 4.18 Å². The summed E-state index contributed by atoms with van der Waals surface area (Å²) in [4.78, 5) is 0. The van der Waals surface area contributed by atoms with Gasteiger partial charge in [0.1, 0.15) is 5.76 Å². The Morgan fingerprint density at radius 1 is 1.31 bits per heavy atom. The van der Waals surface area contributed by atoms with Gasteiger partial charge in [-0.1, -0.05) is 0 Å². The van der Waals surface area contributed by atoms with Crippen molar-refractivity contribution in [3.05, 3.63) is 11.8 Å². The van der Waals surface area contributed by atoms with Crippen molar-refractivity contribution in [2.45, 2.75) is 31.2 Å². The van der Waals surface area contributed by atoms with Crippen LogP contribution < -0.4 is 0 Å². The van der Waals surface area contributed by atoms with Gasteiger partial charge in [0, 0.05) is 5.92 Å².